The Balaban J connectivity index is 2.66. The molecule has 0 aromatic carbocycles. The monoisotopic (exact) mass is 203 g/mol. The lowest BCUT2D eigenvalue weighted by Crippen LogP contribution is -2.17. The summed E-state index contributed by atoms with van der Waals surface area (Å²) < 4.78 is 0. The Morgan fingerprint density at radius 1 is 1.53 bits per heavy atom. The van der Waals surface area contributed by atoms with Gasteiger partial charge in [0.05, 0.1) is 0 Å². The average Bonchev–Trinajstić information content (AvgIpc) is 2.29. The van der Waals surface area contributed by atoms with Crippen LogP contribution < -0.4 is 5.32 Å². The van der Waals surface area contributed by atoms with Gasteiger partial charge in [-0.2, -0.15) is 5.26 Å². The fourth-order valence-corrected chi connectivity index (χ4v) is 1.54. The maximum atomic E-state index is 8.72. The summed E-state index contributed by atoms with van der Waals surface area (Å²) in [6.45, 7) is 4.34. The number of hydrogen-bond donors (Lipinski definition) is 1. The van der Waals surface area contributed by atoms with E-state index in [4.69, 9.17) is 5.26 Å². The Hall–Kier alpha value is -1.56. The highest BCUT2D eigenvalue weighted by molar-refractivity contribution is 5.46. The van der Waals surface area contributed by atoms with Crippen LogP contribution in [0.3, 0.4) is 0 Å². The van der Waals surface area contributed by atoms with Crippen LogP contribution in [0.25, 0.3) is 0 Å². The van der Waals surface area contributed by atoms with Gasteiger partial charge in [-0.3, -0.25) is 0 Å². The molecular formula is C12H17N3. The molecule has 0 aliphatic rings. The first kappa shape index (κ1) is 11.5. The highest BCUT2D eigenvalue weighted by Gasteiger charge is 2.04. The predicted octanol–water partition coefficient (Wildman–Crippen LogP) is 2.94. The van der Waals surface area contributed by atoms with Crippen molar-refractivity contribution in [2.45, 2.75) is 39.2 Å². The normalized spacial score (nSPS) is 11.8. The molecule has 1 unspecified atom stereocenters. The molecule has 0 bridgehead atoms. The molecule has 3 nitrogen and oxygen atoms in total. The molecule has 0 fully saturated rings. The van der Waals surface area contributed by atoms with Gasteiger partial charge in [-0.15, -0.1) is 0 Å². The molecule has 1 aromatic heterocycles. The summed E-state index contributed by atoms with van der Waals surface area (Å²) in [4.78, 5) is 3.94. The molecule has 0 amide bonds. The first-order chi connectivity index (χ1) is 7.30. The fraction of sp³-hybridized carbons (Fsp3) is 0.500. The van der Waals surface area contributed by atoms with Crippen molar-refractivity contribution >= 4 is 5.69 Å². The zero-order valence-corrected chi connectivity index (χ0v) is 9.33. The summed E-state index contributed by atoms with van der Waals surface area (Å²) in [6.07, 6.45) is 5.08. The van der Waals surface area contributed by atoms with Crippen LogP contribution in [0.4, 0.5) is 5.69 Å². The van der Waals surface area contributed by atoms with E-state index < -0.39 is 0 Å². The SMILES string of the molecule is CCCC(CC)Nc1ccnc(C#N)c1. The molecular weight excluding hydrogens is 186 g/mol. The van der Waals surface area contributed by atoms with Crippen molar-refractivity contribution in [1.82, 2.24) is 4.98 Å². The molecule has 0 aliphatic heterocycles. The summed E-state index contributed by atoms with van der Waals surface area (Å²) >= 11 is 0. The Bertz CT molecular complexity index is 341. The largest absolute Gasteiger partial charge is 0.382 e. The highest BCUT2D eigenvalue weighted by Crippen LogP contribution is 2.13. The van der Waals surface area contributed by atoms with Gasteiger partial charge in [-0.05, 0) is 25.0 Å². The zero-order chi connectivity index (χ0) is 11.1. The summed E-state index contributed by atoms with van der Waals surface area (Å²) in [5, 5.41) is 12.1. The molecule has 80 valence electrons. The third-order valence-corrected chi connectivity index (χ3v) is 2.38. The first-order valence-corrected chi connectivity index (χ1v) is 5.42. The maximum Gasteiger partial charge on any atom is 0.142 e. The van der Waals surface area contributed by atoms with Crippen LogP contribution in [0.15, 0.2) is 18.3 Å². The number of nitriles is 1. The lowest BCUT2D eigenvalue weighted by molar-refractivity contribution is 0.622. The van der Waals surface area contributed by atoms with E-state index in [1.165, 1.54) is 6.42 Å². The van der Waals surface area contributed by atoms with Gasteiger partial charge in [0, 0.05) is 17.9 Å². The van der Waals surface area contributed by atoms with Crippen molar-refractivity contribution in [3.8, 4) is 6.07 Å². The van der Waals surface area contributed by atoms with E-state index in [0.717, 1.165) is 18.5 Å². The van der Waals surface area contributed by atoms with Gasteiger partial charge in [0.1, 0.15) is 11.8 Å². The van der Waals surface area contributed by atoms with E-state index in [-0.39, 0.29) is 0 Å². The second kappa shape index (κ2) is 6.02. The van der Waals surface area contributed by atoms with Gasteiger partial charge >= 0.3 is 0 Å². The molecule has 3 heteroatoms. The molecule has 0 aliphatic carbocycles. The van der Waals surface area contributed by atoms with Crippen LogP contribution in [-0.2, 0) is 0 Å². The summed E-state index contributed by atoms with van der Waals surface area (Å²) in [5.41, 5.74) is 1.45. The highest BCUT2D eigenvalue weighted by atomic mass is 14.9. The maximum absolute atomic E-state index is 8.72. The Morgan fingerprint density at radius 2 is 2.33 bits per heavy atom. The Kier molecular flexibility index (Phi) is 4.62. The van der Waals surface area contributed by atoms with Gasteiger partial charge in [0.15, 0.2) is 0 Å². The minimum absolute atomic E-state index is 0.464. The van der Waals surface area contributed by atoms with Crippen LogP contribution in [0.1, 0.15) is 38.8 Å². The fourth-order valence-electron chi connectivity index (χ4n) is 1.54. The van der Waals surface area contributed by atoms with Crippen molar-refractivity contribution in [3.05, 3.63) is 24.0 Å². The zero-order valence-electron chi connectivity index (χ0n) is 9.33. The predicted molar refractivity (Wildman–Crippen MR) is 61.6 cm³/mol. The third-order valence-electron chi connectivity index (χ3n) is 2.38. The minimum Gasteiger partial charge on any atom is -0.382 e. The second-order valence-electron chi connectivity index (χ2n) is 3.58. The summed E-state index contributed by atoms with van der Waals surface area (Å²) in [5.74, 6) is 0. The van der Waals surface area contributed by atoms with Gasteiger partial charge in [-0.25, -0.2) is 4.98 Å². The molecule has 0 radical (unpaired) electrons. The van der Waals surface area contributed by atoms with Crippen molar-refractivity contribution in [2.24, 2.45) is 0 Å². The Morgan fingerprint density at radius 3 is 2.93 bits per heavy atom. The number of aromatic nitrogens is 1. The minimum atomic E-state index is 0.464. The van der Waals surface area contributed by atoms with Gasteiger partial charge in [-0.1, -0.05) is 20.3 Å². The smallest absolute Gasteiger partial charge is 0.142 e. The van der Waals surface area contributed by atoms with Crippen molar-refractivity contribution < 1.29 is 0 Å². The summed E-state index contributed by atoms with van der Waals surface area (Å²) in [6, 6.07) is 6.22. The molecule has 0 saturated carbocycles. The van der Waals surface area contributed by atoms with Gasteiger partial charge in [0.25, 0.3) is 0 Å². The summed E-state index contributed by atoms with van der Waals surface area (Å²) in [7, 11) is 0. The molecule has 1 atom stereocenters. The number of rotatable bonds is 5. The molecule has 1 aromatic rings. The molecule has 0 saturated heterocycles. The van der Waals surface area contributed by atoms with E-state index in [2.05, 4.69) is 24.1 Å². The van der Waals surface area contributed by atoms with Crippen LogP contribution in [0, 0.1) is 11.3 Å². The number of pyridine rings is 1. The van der Waals surface area contributed by atoms with Crippen LogP contribution in [0.2, 0.25) is 0 Å². The van der Waals surface area contributed by atoms with E-state index in [0.29, 0.717) is 11.7 Å². The lowest BCUT2D eigenvalue weighted by Gasteiger charge is -2.17. The third kappa shape index (κ3) is 3.59. The Labute approximate surface area is 91.1 Å². The molecule has 0 spiro atoms. The molecule has 15 heavy (non-hydrogen) atoms. The first-order valence-electron chi connectivity index (χ1n) is 5.42. The van der Waals surface area contributed by atoms with Crippen molar-refractivity contribution in [2.75, 3.05) is 5.32 Å². The quantitative estimate of drug-likeness (QED) is 0.800. The topological polar surface area (TPSA) is 48.7 Å². The van der Waals surface area contributed by atoms with E-state index in [1.54, 1.807) is 12.3 Å². The van der Waals surface area contributed by atoms with Crippen LogP contribution >= 0.6 is 0 Å². The van der Waals surface area contributed by atoms with Gasteiger partial charge in [0.2, 0.25) is 0 Å². The number of nitrogens with zero attached hydrogens (tertiary/aromatic N) is 2. The van der Waals surface area contributed by atoms with Crippen LogP contribution in [0.5, 0.6) is 0 Å². The van der Waals surface area contributed by atoms with Crippen LogP contribution in [-0.4, -0.2) is 11.0 Å². The second-order valence-corrected chi connectivity index (χ2v) is 3.58. The van der Waals surface area contributed by atoms with E-state index >= 15 is 0 Å². The van der Waals surface area contributed by atoms with Crippen molar-refractivity contribution in [3.63, 3.8) is 0 Å². The molecule has 1 N–H and O–H groups in total. The lowest BCUT2D eigenvalue weighted by atomic mass is 10.1. The van der Waals surface area contributed by atoms with Gasteiger partial charge < -0.3 is 5.32 Å². The standard InChI is InChI=1S/C12H17N3/c1-3-5-10(4-2)15-11-6-7-14-12(8-11)9-13/h6-8,10H,3-5H2,1-2H3,(H,14,15). The van der Waals surface area contributed by atoms with Crippen molar-refractivity contribution in [1.29, 1.82) is 5.26 Å². The number of hydrogen-bond acceptors (Lipinski definition) is 3. The number of nitrogens with one attached hydrogen (secondary N) is 1. The molecule has 1 heterocycles. The molecule has 1 rings (SSSR count). The van der Waals surface area contributed by atoms with E-state index in [9.17, 15) is 0 Å². The average molecular weight is 203 g/mol. The van der Waals surface area contributed by atoms with E-state index in [1.807, 2.05) is 12.1 Å². The number of anilines is 1.